The second-order valence-corrected chi connectivity index (χ2v) is 9.13. The first kappa shape index (κ1) is 18.6. The SMILES string of the molecule is CC1c2[nH]c3ccccc3c2CCN1C(=O)COc1cccc(S(C)(=O)=O)c1. The van der Waals surface area contributed by atoms with Crippen molar-refractivity contribution >= 4 is 26.6 Å². The fourth-order valence-corrected chi connectivity index (χ4v) is 4.45. The molecular formula is C21H22N2O4S. The summed E-state index contributed by atoms with van der Waals surface area (Å²) in [5.74, 6) is 0.244. The predicted molar refractivity (Wildman–Crippen MR) is 107 cm³/mol. The molecular weight excluding hydrogens is 376 g/mol. The predicted octanol–water partition coefficient (Wildman–Crippen LogP) is 3.10. The average Bonchev–Trinajstić information content (AvgIpc) is 3.06. The van der Waals surface area contributed by atoms with Gasteiger partial charge in [0, 0.05) is 29.4 Å². The summed E-state index contributed by atoms with van der Waals surface area (Å²) in [5.41, 5.74) is 3.43. The molecule has 0 bridgehead atoms. The van der Waals surface area contributed by atoms with Gasteiger partial charge in [-0.3, -0.25) is 4.79 Å². The zero-order valence-corrected chi connectivity index (χ0v) is 16.6. The molecule has 2 aromatic carbocycles. The summed E-state index contributed by atoms with van der Waals surface area (Å²) >= 11 is 0. The van der Waals surface area contributed by atoms with Gasteiger partial charge in [0.15, 0.2) is 16.4 Å². The van der Waals surface area contributed by atoms with Crippen LogP contribution in [-0.2, 0) is 21.1 Å². The van der Waals surface area contributed by atoms with Crippen LogP contribution >= 0.6 is 0 Å². The number of H-pyrrole nitrogens is 1. The maximum atomic E-state index is 12.8. The standard InChI is InChI=1S/C21H22N2O4S/c1-14-21-18(17-8-3-4-9-19(17)22-21)10-11-23(14)20(24)13-27-15-6-5-7-16(12-15)28(2,25)26/h3-9,12,14,22H,10-11,13H2,1-2H3. The highest BCUT2D eigenvalue weighted by Gasteiger charge is 2.30. The summed E-state index contributed by atoms with van der Waals surface area (Å²) in [6.07, 6.45) is 1.93. The Bertz CT molecular complexity index is 1150. The van der Waals surface area contributed by atoms with Crippen molar-refractivity contribution in [3.63, 3.8) is 0 Å². The van der Waals surface area contributed by atoms with Gasteiger partial charge in [-0.2, -0.15) is 0 Å². The fraction of sp³-hybridized carbons (Fsp3) is 0.286. The zero-order chi connectivity index (χ0) is 19.9. The summed E-state index contributed by atoms with van der Waals surface area (Å²) in [6, 6.07) is 14.3. The molecule has 1 aliphatic heterocycles. The van der Waals surface area contributed by atoms with Gasteiger partial charge in [0.1, 0.15) is 5.75 Å². The number of hydrogen-bond donors (Lipinski definition) is 1. The van der Waals surface area contributed by atoms with E-state index < -0.39 is 9.84 Å². The molecule has 146 valence electrons. The molecule has 6 nitrogen and oxygen atoms in total. The van der Waals surface area contributed by atoms with Crippen LogP contribution < -0.4 is 4.74 Å². The van der Waals surface area contributed by atoms with Crippen molar-refractivity contribution in [2.75, 3.05) is 19.4 Å². The summed E-state index contributed by atoms with van der Waals surface area (Å²) in [7, 11) is -3.32. The van der Waals surface area contributed by atoms with E-state index in [1.54, 1.807) is 17.0 Å². The molecule has 1 aliphatic rings. The monoisotopic (exact) mass is 398 g/mol. The van der Waals surface area contributed by atoms with Crippen molar-refractivity contribution in [2.45, 2.75) is 24.3 Å². The summed E-state index contributed by atoms with van der Waals surface area (Å²) in [4.78, 5) is 18.2. The molecule has 1 unspecified atom stereocenters. The van der Waals surface area contributed by atoms with E-state index in [2.05, 4.69) is 11.1 Å². The molecule has 0 aliphatic carbocycles. The third-order valence-electron chi connectivity index (χ3n) is 5.25. The molecule has 0 fully saturated rings. The number of hydrogen-bond acceptors (Lipinski definition) is 4. The smallest absolute Gasteiger partial charge is 0.261 e. The minimum Gasteiger partial charge on any atom is -0.484 e. The van der Waals surface area contributed by atoms with Crippen LogP contribution in [0.1, 0.15) is 24.2 Å². The second kappa shape index (κ2) is 6.98. The number of amides is 1. The first-order valence-electron chi connectivity index (χ1n) is 9.16. The van der Waals surface area contributed by atoms with Gasteiger partial charge in [-0.25, -0.2) is 8.42 Å². The molecule has 1 N–H and O–H groups in total. The van der Waals surface area contributed by atoms with E-state index in [4.69, 9.17) is 4.74 Å². The average molecular weight is 398 g/mol. The van der Waals surface area contributed by atoms with Gasteiger partial charge in [-0.1, -0.05) is 24.3 Å². The minimum atomic E-state index is -3.32. The number of rotatable bonds is 4. The maximum absolute atomic E-state index is 12.8. The topological polar surface area (TPSA) is 79.5 Å². The molecule has 1 atom stereocenters. The number of carbonyl (C=O) groups is 1. The Labute approximate surface area is 164 Å². The van der Waals surface area contributed by atoms with Crippen molar-refractivity contribution in [3.8, 4) is 5.75 Å². The molecule has 2 heterocycles. The highest BCUT2D eigenvalue weighted by Crippen LogP contribution is 2.34. The molecule has 3 aromatic rings. The zero-order valence-electron chi connectivity index (χ0n) is 15.8. The number of benzene rings is 2. The molecule has 0 saturated carbocycles. The van der Waals surface area contributed by atoms with E-state index in [9.17, 15) is 13.2 Å². The van der Waals surface area contributed by atoms with Crippen molar-refractivity contribution in [3.05, 3.63) is 59.8 Å². The van der Waals surface area contributed by atoms with Gasteiger partial charge in [-0.15, -0.1) is 0 Å². The molecule has 4 rings (SSSR count). The second-order valence-electron chi connectivity index (χ2n) is 7.11. The van der Waals surface area contributed by atoms with E-state index >= 15 is 0 Å². The van der Waals surface area contributed by atoms with E-state index in [1.807, 2.05) is 25.1 Å². The summed E-state index contributed by atoms with van der Waals surface area (Å²) in [5, 5.41) is 1.21. The van der Waals surface area contributed by atoms with Gasteiger partial charge in [-0.05, 0) is 43.2 Å². The number of aromatic amines is 1. The fourth-order valence-electron chi connectivity index (χ4n) is 3.79. The van der Waals surface area contributed by atoms with Crippen molar-refractivity contribution < 1.29 is 17.9 Å². The van der Waals surface area contributed by atoms with Crippen LogP contribution in [0.25, 0.3) is 10.9 Å². The minimum absolute atomic E-state index is 0.0744. The Morgan fingerprint density at radius 1 is 1.21 bits per heavy atom. The number of ether oxygens (including phenoxy) is 1. The van der Waals surface area contributed by atoms with Crippen LogP contribution in [0.5, 0.6) is 5.75 Å². The van der Waals surface area contributed by atoms with E-state index in [-0.39, 0.29) is 23.5 Å². The lowest BCUT2D eigenvalue weighted by atomic mass is 9.98. The lowest BCUT2D eigenvalue weighted by Crippen LogP contribution is -2.41. The van der Waals surface area contributed by atoms with Crippen LogP contribution in [0, 0.1) is 0 Å². The van der Waals surface area contributed by atoms with Crippen molar-refractivity contribution in [1.82, 2.24) is 9.88 Å². The van der Waals surface area contributed by atoms with Gasteiger partial charge in [0.25, 0.3) is 5.91 Å². The quantitative estimate of drug-likeness (QED) is 0.732. The number of fused-ring (bicyclic) bond motifs is 3. The third kappa shape index (κ3) is 3.38. The van der Waals surface area contributed by atoms with E-state index in [0.29, 0.717) is 12.3 Å². The highest BCUT2D eigenvalue weighted by molar-refractivity contribution is 7.90. The Kier molecular flexibility index (Phi) is 4.63. The maximum Gasteiger partial charge on any atom is 0.261 e. The number of aromatic nitrogens is 1. The molecule has 1 amide bonds. The Morgan fingerprint density at radius 3 is 2.79 bits per heavy atom. The van der Waals surface area contributed by atoms with Crippen molar-refractivity contribution in [2.24, 2.45) is 0 Å². The third-order valence-corrected chi connectivity index (χ3v) is 6.36. The lowest BCUT2D eigenvalue weighted by Gasteiger charge is -2.33. The van der Waals surface area contributed by atoms with Gasteiger partial charge in [0.05, 0.1) is 10.9 Å². The van der Waals surface area contributed by atoms with Crippen LogP contribution in [0.15, 0.2) is 53.4 Å². The number of nitrogens with zero attached hydrogens (tertiary/aromatic N) is 1. The molecule has 1 aromatic heterocycles. The number of carbonyl (C=O) groups excluding carboxylic acids is 1. The number of nitrogens with one attached hydrogen (secondary N) is 1. The Morgan fingerprint density at radius 2 is 2.00 bits per heavy atom. The normalized spacial score (nSPS) is 16.8. The van der Waals surface area contributed by atoms with Crippen molar-refractivity contribution in [1.29, 1.82) is 0 Å². The van der Waals surface area contributed by atoms with Gasteiger partial charge < -0.3 is 14.6 Å². The molecule has 0 saturated heterocycles. The molecule has 7 heteroatoms. The van der Waals surface area contributed by atoms with Crippen LogP contribution in [0.3, 0.4) is 0 Å². The Balaban J connectivity index is 1.49. The first-order valence-corrected chi connectivity index (χ1v) is 11.1. The molecule has 0 spiro atoms. The summed E-state index contributed by atoms with van der Waals surface area (Å²) < 4.78 is 28.9. The number of sulfone groups is 1. The van der Waals surface area contributed by atoms with Gasteiger partial charge in [0.2, 0.25) is 0 Å². The number of para-hydroxylation sites is 1. The Hall–Kier alpha value is -2.80. The van der Waals surface area contributed by atoms with Crippen LogP contribution in [0.2, 0.25) is 0 Å². The van der Waals surface area contributed by atoms with Crippen LogP contribution in [-0.4, -0.2) is 43.6 Å². The first-order chi connectivity index (χ1) is 13.3. The molecule has 28 heavy (non-hydrogen) atoms. The molecule has 0 radical (unpaired) electrons. The summed E-state index contributed by atoms with van der Waals surface area (Å²) in [6.45, 7) is 2.50. The lowest BCUT2D eigenvalue weighted by molar-refractivity contribution is -0.136. The van der Waals surface area contributed by atoms with Gasteiger partial charge >= 0.3 is 0 Å². The largest absolute Gasteiger partial charge is 0.484 e. The van der Waals surface area contributed by atoms with E-state index in [1.165, 1.54) is 23.1 Å². The van der Waals surface area contributed by atoms with Crippen LogP contribution in [0.4, 0.5) is 0 Å². The highest BCUT2D eigenvalue weighted by atomic mass is 32.2. The van der Waals surface area contributed by atoms with E-state index in [0.717, 1.165) is 23.9 Å².